The molecule has 0 fully saturated rings. The maximum absolute atomic E-state index is 12.8. The molecule has 3 rings (SSSR count). The predicted octanol–water partition coefficient (Wildman–Crippen LogP) is 3.84. The Morgan fingerprint density at radius 3 is 2.55 bits per heavy atom. The van der Waals surface area contributed by atoms with Gasteiger partial charge in [-0.2, -0.15) is 4.37 Å². The smallest absolute Gasteiger partial charge is 0.408 e. The second-order valence-corrected chi connectivity index (χ2v) is 9.89. The number of nitrogens with zero attached hydrogens (tertiary/aromatic N) is 2. The number of sulfone groups is 1. The Hall–Kier alpha value is -2.78. The van der Waals surface area contributed by atoms with Gasteiger partial charge in [0.25, 0.3) is 0 Å². The molecule has 2 aromatic carbocycles. The first-order chi connectivity index (χ1) is 13.7. The minimum atomic E-state index is -3.77. The second-order valence-electron chi connectivity index (χ2n) is 7.02. The van der Waals surface area contributed by atoms with Crippen molar-refractivity contribution in [2.24, 2.45) is 0 Å². The highest BCUT2D eigenvalue weighted by atomic mass is 32.2. The normalized spacial score (nSPS) is 11.8. The number of nitrogens with one attached hydrogen (secondary N) is 1. The van der Waals surface area contributed by atoms with E-state index in [1.165, 1.54) is 6.07 Å². The first kappa shape index (κ1) is 20.9. The summed E-state index contributed by atoms with van der Waals surface area (Å²) >= 11 is 0.780. The Kier molecular flexibility index (Phi) is 5.99. The third kappa shape index (κ3) is 4.99. The van der Waals surface area contributed by atoms with E-state index in [4.69, 9.17) is 4.74 Å². The van der Waals surface area contributed by atoms with E-state index in [1.807, 2.05) is 43.3 Å². The van der Waals surface area contributed by atoms with Gasteiger partial charge in [-0.05, 0) is 55.6 Å². The topological polar surface area (TPSA) is 98.2 Å². The molecule has 0 atom stereocenters. The van der Waals surface area contributed by atoms with Crippen molar-refractivity contribution in [3.8, 4) is 0 Å². The van der Waals surface area contributed by atoms with Gasteiger partial charge >= 0.3 is 6.09 Å². The number of amides is 1. The van der Waals surface area contributed by atoms with Crippen LogP contribution in [0.2, 0.25) is 0 Å². The van der Waals surface area contributed by atoms with Crippen LogP contribution >= 0.6 is 11.5 Å². The fourth-order valence-electron chi connectivity index (χ4n) is 2.53. The Bertz CT molecular complexity index is 1110. The summed E-state index contributed by atoms with van der Waals surface area (Å²) in [6.45, 7) is 5.31. The number of carbonyl (C=O) groups is 1. The SMILES string of the molecule is Cc1cccc(S(=O)(=O)c2nc(C(C)(C)NC(=O)OCc3ccccc3)ns2)c1. The van der Waals surface area contributed by atoms with Crippen LogP contribution in [-0.4, -0.2) is 23.9 Å². The summed E-state index contributed by atoms with van der Waals surface area (Å²) in [5, 5.41) is 2.68. The fourth-order valence-corrected chi connectivity index (χ4v) is 4.89. The third-order valence-corrected chi connectivity index (χ3v) is 6.94. The summed E-state index contributed by atoms with van der Waals surface area (Å²) in [4.78, 5) is 16.5. The van der Waals surface area contributed by atoms with Crippen LogP contribution in [0.3, 0.4) is 0 Å². The molecular weight excluding hydrogens is 410 g/mol. The number of carbonyl (C=O) groups excluding carboxylic acids is 1. The van der Waals surface area contributed by atoms with Crippen LogP contribution in [0.1, 0.15) is 30.8 Å². The van der Waals surface area contributed by atoms with E-state index in [9.17, 15) is 13.2 Å². The summed E-state index contributed by atoms with van der Waals surface area (Å²) in [5.41, 5.74) is 0.683. The van der Waals surface area contributed by atoms with E-state index in [2.05, 4.69) is 14.7 Å². The summed E-state index contributed by atoms with van der Waals surface area (Å²) in [6.07, 6.45) is -0.642. The number of aryl methyl sites for hydroxylation is 1. The van der Waals surface area contributed by atoms with Crippen molar-refractivity contribution in [1.29, 1.82) is 0 Å². The van der Waals surface area contributed by atoms with Gasteiger partial charge in [-0.15, -0.1) is 0 Å². The summed E-state index contributed by atoms with van der Waals surface area (Å²) in [5.74, 6) is 0.199. The van der Waals surface area contributed by atoms with Crippen molar-refractivity contribution >= 4 is 27.5 Å². The molecule has 0 saturated carbocycles. The molecule has 1 N–H and O–H groups in total. The standard InChI is InChI=1S/C20H21N3O4S2/c1-14-8-7-11-16(12-14)29(25,26)19-21-17(23-28-19)20(2,3)22-18(24)27-13-15-9-5-4-6-10-15/h4-12H,13H2,1-3H3,(H,22,24). The van der Waals surface area contributed by atoms with Crippen LogP contribution in [0.4, 0.5) is 4.79 Å². The fraction of sp³-hybridized carbons (Fsp3) is 0.250. The Morgan fingerprint density at radius 1 is 1.14 bits per heavy atom. The number of ether oxygens (including phenoxy) is 1. The molecule has 29 heavy (non-hydrogen) atoms. The van der Waals surface area contributed by atoms with Crippen LogP contribution in [0.5, 0.6) is 0 Å². The highest BCUT2D eigenvalue weighted by Gasteiger charge is 2.31. The Labute approximate surface area is 173 Å². The van der Waals surface area contributed by atoms with E-state index in [0.717, 1.165) is 22.7 Å². The molecule has 0 aliphatic rings. The molecule has 0 radical (unpaired) electrons. The maximum Gasteiger partial charge on any atom is 0.408 e. The lowest BCUT2D eigenvalue weighted by Crippen LogP contribution is -2.42. The molecule has 0 aliphatic carbocycles. The number of hydrogen-bond acceptors (Lipinski definition) is 7. The third-order valence-electron chi connectivity index (χ3n) is 4.12. The van der Waals surface area contributed by atoms with E-state index in [0.29, 0.717) is 0 Å². The Balaban J connectivity index is 1.72. The average Bonchev–Trinajstić information content (AvgIpc) is 3.19. The van der Waals surface area contributed by atoms with Gasteiger partial charge in [0.15, 0.2) is 5.82 Å². The first-order valence-corrected chi connectivity index (χ1v) is 11.1. The van der Waals surface area contributed by atoms with Crippen molar-refractivity contribution < 1.29 is 17.9 Å². The van der Waals surface area contributed by atoms with Gasteiger partial charge in [0, 0.05) is 0 Å². The van der Waals surface area contributed by atoms with Crippen molar-refractivity contribution in [3.63, 3.8) is 0 Å². The molecule has 0 bridgehead atoms. The highest BCUT2D eigenvalue weighted by molar-refractivity contribution is 7.93. The number of benzene rings is 2. The van der Waals surface area contributed by atoms with Crippen molar-refractivity contribution in [3.05, 3.63) is 71.5 Å². The van der Waals surface area contributed by atoms with E-state index < -0.39 is 21.5 Å². The van der Waals surface area contributed by atoms with Gasteiger partial charge in [0.1, 0.15) is 6.61 Å². The second kappa shape index (κ2) is 8.30. The maximum atomic E-state index is 12.8. The van der Waals surface area contributed by atoms with E-state index >= 15 is 0 Å². The zero-order valence-corrected chi connectivity index (χ0v) is 17.9. The molecular formula is C20H21N3O4S2. The van der Waals surface area contributed by atoms with E-state index in [-0.39, 0.29) is 21.7 Å². The summed E-state index contributed by atoms with van der Waals surface area (Å²) < 4.78 is 34.9. The van der Waals surface area contributed by atoms with Crippen molar-refractivity contribution in [2.45, 2.75) is 42.2 Å². The van der Waals surface area contributed by atoms with Gasteiger partial charge in [0.05, 0.1) is 10.4 Å². The lowest BCUT2D eigenvalue weighted by molar-refractivity contribution is 0.128. The van der Waals surface area contributed by atoms with Gasteiger partial charge < -0.3 is 10.1 Å². The molecule has 1 heterocycles. The van der Waals surface area contributed by atoms with Crippen molar-refractivity contribution in [2.75, 3.05) is 0 Å². The zero-order chi connectivity index (χ0) is 21.1. The molecule has 7 nitrogen and oxygen atoms in total. The molecule has 0 unspecified atom stereocenters. The van der Waals surface area contributed by atoms with Gasteiger partial charge in [-0.3, -0.25) is 0 Å². The molecule has 0 saturated heterocycles. The molecule has 0 aliphatic heterocycles. The molecule has 0 spiro atoms. The molecule has 3 aromatic rings. The number of rotatable bonds is 6. The van der Waals surface area contributed by atoms with Crippen LogP contribution in [0.15, 0.2) is 63.8 Å². The lowest BCUT2D eigenvalue weighted by Gasteiger charge is -2.22. The van der Waals surface area contributed by atoms with Crippen LogP contribution < -0.4 is 5.32 Å². The average molecular weight is 432 g/mol. The highest BCUT2D eigenvalue weighted by Crippen LogP contribution is 2.26. The van der Waals surface area contributed by atoms with Crippen molar-refractivity contribution in [1.82, 2.24) is 14.7 Å². The minimum absolute atomic E-state index is 0.120. The number of hydrogen-bond donors (Lipinski definition) is 1. The number of aromatic nitrogens is 2. The van der Waals surface area contributed by atoms with Gasteiger partial charge in [-0.25, -0.2) is 18.2 Å². The lowest BCUT2D eigenvalue weighted by atomic mass is 10.1. The number of alkyl carbamates (subject to hydrolysis) is 1. The van der Waals surface area contributed by atoms with Gasteiger partial charge in [0.2, 0.25) is 14.2 Å². The van der Waals surface area contributed by atoms with E-state index in [1.54, 1.807) is 26.0 Å². The predicted molar refractivity (Wildman–Crippen MR) is 109 cm³/mol. The van der Waals surface area contributed by atoms with Crippen LogP contribution in [0.25, 0.3) is 0 Å². The quantitative estimate of drug-likeness (QED) is 0.637. The van der Waals surface area contributed by atoms with Crippen LogP contribution in [0, 0.1) is 6.92 Å². The zero-order valence-electron chi connectivity index (χ0n) is 16.2. The van der Waals surface area contributed by atoms with Gasteiger partial charge in [-0.1, -0.05) is 42.5 Å². The molecule has 152 valence electrons. The molecule has 9 heteroatoms. The summed E-state index contributed by atoms with van der Waals surface area (Å²) in [7, 11) is -3.77. The molecule has 1 amide bonds. The van der Waals surface area contributed by atoms with Crippen LogP contribution in [-0.2, 0) is 26.7 Å². The summed E-state index contributed by atoms with van der Waals surface area (Å²) in [6, 6.07) is 15.9. The molecule has 1 aromatic heterocycles. The Morgan fingerprint density at radius 2 is 1.86 bits per heavy atom. The monoisotopic (exact) mass is 431 g/mol. The first-order valence-electron chi connectivity index (χ1n) is 8.83. The largest absolute Gasteiger partial charge is 0.445 e. The minimum Gasteiger partial charge on any atom is -0.445 e.